The number of anilines is 2. The van der Waals surface area contributed by atoms with Crippen LogP contribution < -0.4 is 10.6 Å². The van der Waals surface area contributed by atoms with E-state index in [1.54, 1.807) is 12.1 Å². The number of nitrogens with zero attached hydrogens (tertiary/aromatic N) is 2. The smallest absolute Gasteiger partial charge is 0.292 e. The molecular formula is C31H33ClF2N4O3. The number of aromatic nitrogens is 1. The Morgan fingerprint density at radius 1 is 1.15 bits per heavy atom. The highest BCUT2D eigenvalue weighted by Crippen LogP contribution is 2.34. The van der Waals surface area contributed by atoms with Gasteiger partial charge in [-0.15, -0.1) is 0 Å². The summed E-state index contributed by atoms with van der Waals surface area (Å²) in [6, 6.07) is 11.6. The average Bonchev–Trinajstić information content (AvgIpc) is 2.98. The van der Waals surface area contributed by atoms with Crippen molar-refractivity contribution in [2.75, 3.05) is 24.8 Å². The summed E-state index contributed by atoms with van der Waals surface area (Å²) in [4.78, 5) is 31.1. The molecule has 41 heavy (non-hydrogen) atoms. The number of carbonyl (C=O) groups is 2. The molecule has 10 heteroatoms. The quantitative estimate of drug-likeness (QED) is 0.244. The van der Waals surface area contributed by atoms with Gasteiger partial charge in [0, 0.05) is 53.8 Å². The summed E-state index contributed by atoms with van der Waals surface area (Å²) in [5.41, 5.74) is 4.87. The lowest BCUT2D eigenvalue weighted by atomic mass is 9.91. The predicted molar refractivity (Wildman–Crippen MR) is 160 cm³/mol. The van der Waals surface area contributed by atoms with Gasteiger partial charge in [0.1, 0.15) is 5.82 Å². The van der Waals surface area contributed by atoms with E-state index >= 15 is 0 Å². The Balaban J connectivity index is 0.00000108. The second kappa shape index (κ2) is 15.0. The van der Waals surface area contributed by atoms with Crippen LogP contribution in [0, 0.1) is 11.6 Å². The zero-order valence-corrected chi connectivity index (χ0v) is 24.2. The molecule has 0 aliphatic carbocycles. The fourth-order valence-corrected chi connectivity index (χ4v) is 4.70. The normalized spacial score (nSPS) is 16.6. The highest BCUT2D eigenvalue weighted by molar-refractivity contribution is 6.31. The van der Waals surface area contributed by atoms with E-state index in [0.29, 0.717) is 30.6 Å². The maximum Gasteiger partial charge on any atom is 0.292 e. The van der Waals surface area contributed by atoms with Crippen LogP contribution in [0.1, 0.15) is 56.7 Å². The van der Waals surface area contributed by atoms with Crippen molar-refractivity contribution in [2.45, 2.75) is 45.4 Å². The molecule has 1 unspecified atom stereocenters. The molecule has 7 nitrogen and oxygen atoms in total. The molecule has 1 atom stereocenters. The molecule has 0 saturated heterocycles. The largest absolute Gasteiger partial charge is 0.471 e. The molecule has 3 aromatic rings. The number of aliphatic imine (C=N–C) groups is 1. The molecule has 1 aliphatic rings. The molecule has 2 N–H and O–H groups in total. The number of pyridine rings is 1. The summed E-state index contributed by atoms with van der Waals surface area (Å²) < 4.78 is 32.8. The zero-order valence-electron chi connectivity index (χ0n) is 23.4. The Bertz CT molecular complexity index is 1440. The fourth-order valence-electron chi connectivity index (χ4n) is 4.54. The van der Waals surface area contributed by atoms with E-state index in [2.05, 4.69) is 20.4 Å². The molecule has 2 heterocycles. The van der Waals surface area contributed by atoms with Crippen LogP contribution >= 0.6 is 11.6 Å². The lowest BCUT2D eigenvalue weighted by Gasteiger charge is -2.20. The molecule has 2 aromatic carbocycles. The van der Waals surface area contributed by atoms with Gasteiger partial charge >= 0.3 is 0 Å². The standard InChI is InChI=1S/C29H29ClF2N4O.C2H4O2/c1-4-24-21-11-10-19(33-3)15-26(21)36-27(37)8-6-5-7-20(17(2)35-24)25-14-9-18(16-34-25)28-23(31)13-12-22(30)29(28)32;1-4-2-3/h4,9-16,20,33H,5-8H2,1-3H3,(H,36,37);2H,1H3/b24-4-,35-17?;. The summed E-state index contributed by atoms with van der Waals surface area (Å²) in [7, 11) is 3.14. The number of rotatable bonds is 4. The Morgan fingerprint density at radius 2 is 1.90 bits per heavy atom. The summed E-state index contributed by atoms with van der Waals surface area (Å²) in [6.07, 6.45) is 6.02. The lowest BCUT2D eigenvalue weighted by molar-refractivity contribution is -0.126. The van der Waals surface area contributed by atoms with Crippen molar-refractivity contribution in [1.29, 1.82) is 0 Å². The van der Waals surface area contributed by atoms with Crippen molar-refractivity contribution in [3.8, 4) is 11.1 Å². The lowest BCUT2D eigenvalue weighted by Crippen LogP contribution is -2.16. The monoisotopic (exact) mass is 582 g/mol. The topological polar surface area (TPSA) is 92.7 Å². The van der Waals surface area contributed by atoms with Gasteiger partial charge in [-0.05, 0) is 63.1 Å². The SMILES string of the molecule is C/C=C1\N=C(C)C(c2ccc(-c3c(F)ccc(Cl)c3F)cn2)CCCCC(=O)Nc2cc(NC)ccc21.COC=O. The highest BCUT2D eigenvalue weighted by Gasteiger charge is 2.21. The highest BCUT2D eigenvalue weighted by atomic mass is 35.5. The molecule has 0 fully saturated rings. The Labute approximate surface area is 243 Å². The molecule has 1 amide bonds. The van der Waals surface area contributed by atoms with E-state index < -0.39 is 11.6 Å². The van der Waals surface area contributed by atoms with Crippen LogP contribution in [0.5, 0.6) is 0 Å². The summed E-state index contributed by atoms with van der Waals surface area (Å²) >= 11 is 5.87. The summed E-state index contributed by atoms with van der Waals surface area (Å²) in [5, 5.41) is 6.00. The maximum absolute atomic E-state index is 14.5. The van der Waals surface area contributed by atoms with Crippen LogP contribution in [-0.4, -0.2) is 37.2 Å². The molecule has 1 aromatic heterocycles. The van der Waals surface area contributed by atoms with Crippen molar-refractivity contribution in [2.24, 2.45) is 4.99 Å². The molecule has 0 radical (unpaired) electrons. The van der Waals surface area contributed by atoms with Gasteiger partial charge in [-0.3, -0.25) is 19.6 Å². The predicted octanol–water partition coefficient (Wildman–Crippen LogP) is 7.63. The number of hydrogen-bond donors (Lipinski definition) is 2. The van der Waals surface area contributed by atoms with Crippen molar-refractivity contribution < 1.29 is 23.1 Å². The molecule has 1 aliphatic heterocycles. The summed E-state index contributed by atoms with van der Waals surface area (Å²) in [6.45, 7) is 4.25. The fraction of sp³-hybridized carbons (Fsp3) is 0.290. The molecular weight excluding hydrogens is 550 g/mol. The molecule has 4 rings (SSSR count). The summed E-state index contributed by atoms with van der Waals surface area (Å²) in [5.74, 6) is -1.68. The Kier molecular flexibility index (Phi) is 11.5. The van der Waals surface area contributed by atoms with Gasteiger partial charge in [-0.2, -0.15) is 0 Å². The number of benzene rings is 2. The van der Waals surface area contributed by atoms with Crippen LogP contribution in [-0.2, 0) is 14.3 Å². The minimum atomic E-state index is -0.809. The first-order valence-electron chi connectivity index (χ1n) is 13.1. The third-order valence-corrected chi connectivity index (χ3v) is 6.94. The van der Waals surface area contributed by atoms with E-state index in [1.165, 1.54) is 19.4 Å². The first-order chi connectivity index (χ1) is 19.7. The maximum atomic E-state index is 14.5. The van der Waals surface area contributed by atoms with Crippen molar-refractivity contribution in [3.63, 3.8) is 0 Å². The van der Waals surface area contributed by atoms with E-state index in [4.69, 9.17) is 21.4 Å². The number of halogens is 3. The van der Waals surface area contributed by atoms with Crippen LogP contribution in [0.4, 0.5) is 20.2 Å². The van der Waals surface area contributed by atoms with E-state index in [9.17, 15) is 13.6 Å². The van der Waals surface area contributed by atoms with E-state index in [1.807, 2.05) is 45.2 Å². The molecule has 0 bridgehead atoms. The van der Waals surface area contributed by atoms with Gasteiger partial charge in [0.2, 0.25) is 5.91 Å². The first-order valence-corrected chi connectivity index (χ1v) is 13.5. The van der Waals surface area contributed by atoms with Crippen LogP contribution in [0.3, 0.4) is 0 Å². The van der Waals surface area contributed by atoms with Gasteiger partial charge in [0.15, 0.2) is 5.82 Å². The van der Waals surface area contributed by atoms with Crippen LogP contribution in [0.15, 0.2) is 59.7 Å². The second-order valence-electron chi connectivity index (χ2n) is 9.31. The third kappa shape index (κ3) is 7.98. The van der Waals surface area contributed by atoms with Gasteiger partial charge in [-0.25, -0.2) is 8.78 Å². The van der Waals surface area contributed by atoms with Crippen molar-refractivity contribution >= 4 is 46.8 Å². The van der Waals surface area contributed by atoms with Gasteiger partial charge < -0.3 is 15.4 Å². The van der Waals surface area contributed by atoms with Crippen molar-refractivity contribution in [3.05, 3.63) is 82.7 Å². The van der Waals surface area contributed by atoms with Gasteiger partial charge in [0.25, 0.3) is 6.47 Å². The number of allylic oxidation sites excluding steroid dienone is 1. The number of nitrogens with one attached hydrogen (secondary N) is 2. The Hall–Kier alpha value is -4.11. The number of ether oxygens (including phenoxy) is 1. The number of fused-ring (bicyclic) bond motifs is 1. The van der Waals surface area contributed by atoms with Crippen molar-refractivity contribution in [1.82, 2.24) is 4.98 Å². The number of carbonyl (C=O) groups excluding carboxylic acids is 2. The minimum absolute atomic E-state index is 0.0455. The van der Waals surface area contributed by atoms with Gasteiger partial charge in [0.05, 0.1) is 29.1 Å². The Morgan fingerprint density at radius 3 is 2.54 bits per heavy atom. The van der Waals surface area contributed by atoms with E-state index in [0.717, 1.165) is 47.3 Å². The number of amides is 1. The number of hydrogen-bond acceptors (Lipinski definition) is 6. The average molecular weight is 583 g/mol. The van der Waals surface area contributed by atoms with E-state index in [-0.39, 0.29) is 22.4 Å². The van der Waals surface area contributed by atoms with Gasteiger partial charge in [-0.1, -0.05) is 30.2 Å². The molecule has 0 spiro atoms. The molecule has 0 saturated carbocycles. The van der Waals surface area contributed by atoms with Crippen LogP contribution in [0.2, 0.25) is 5.02 Å². The van der Waals surface area contributed by atoms with Crippen LogP contribution in [0.25, 0.3) is 16.8 Å². The molecule has 216 valence electrons. The third-order valence-electron chi connectivity index (χ3n) is 6.65. The number of methoxy groups -OCH3 is 1. The first kappa shape index (κ1) is 31.4. The second-order valence-corrected chi connectivity index (χ2v) is 9.71. The minimum Gasteiger partial charge on any atom is -0.471 e. The zero-order chi connectivity index (χ0) is 29.9.